The summed E-state index contributed by atoms with van der Waals surface area (Å²) in [4.78, 5) is 11.1. The monoisotopic (exact) mass is 288 g/mol. The summed E-state index contributed by atoms with van der Waals surface area (Å²) in [5.41, 5.74) is 1.47. The molecule has 21 heavy (non-hydrogen) atoms. The van der Waals surface area contributed by atoms with E-state index in [0.29, 0.717) is 28.7 Å². The van der Waals surface area contributed by atoms with E-state index in [9.17, 15) is 15.0 Å². The second kappa shape index (κ2) is 6.17. The van der Waals surface area contributed by atoms with E-state index in [4.69, 9.17) is 9.47 Å². The van der Waals surface area contributed by atoms with Crippen LogP contribution in [0.25, 0.3) is 0 Å². The minimum absolute atomic E-state index is 0.0112. The van der Waals surface area contributed by atoms with E-state index < -0.39 is 0 Å². The summed E-state index contributed by atoms with van der Waals surface area (Å²) >= 11 is 0. The van der Waals surface area contributed by atoms with Crippen molar-refractivity contribution >= 4 is 6.29 Å². The molecule has 0 bridgehead atoms. The molecule has 0 unspecified atom stereocenters. The lowest BCUT2D eigenvalue weighted by Crippen LogP contribution is -2.03. The Morgan fingerprint density at radius 1 is 1.19 bits per heavy atom. The van der Waals surface area contributed by atoms with Gasteiger partial charge in [-0.25, -0.2) is 0 Å². The molecule has 5 heteroatoms. The SMILES string of the molecule is COc1c(O)ccc(C=O)c1COc1cccc(C)c1O. The highest BCUT2D eigenvalue weighted by Crippen LogP contribution is 2.34. The van der Waals surface area contributed by atoms with Gasteiger partial charge in [0.25, 0.3) is 0 Å². The van der Waals surface area contributed by atoms with Crippen LogP contribution in [0.15, 0.2) is 30.3 Å². The molecular formula is C16H16O5. The van der Waals surface area contributed by atoms with E-state index >= 15 is 0 Å². The fourth-order valence-corrected chi connectivity index (χ4v) is 2.02. The Morgan fingerprint density at radius 3 is 2.62 bits per heavy atom. The maximum Gasteiger partial charge on any atom is 0.167 e. The number of carbonyl (C=O) groups is 1. The van der Waals surface area contributed by atoms with Gasteiger partial charge in [-0.05, 0) is 30.7 Å². The molecule has 0 atom stereocenters. The van der Waals surface area contributed by atoms with Crippen LogP contribution in [-0.2, 0) is 6.61 Å². The molecule has 0 saturated heterocycles. The van der Waals surface area contributed by atoms with Crippen LogP contribution in [0.2, 0.25) is 0 Å². The number of aromatic hydroxyl groups is 2. The van der Waals surface area contributed by atoms with Gasteiger partial charge in [-0.1, -0.05) is 12.1 Å². The number of hydrogen-bond acceptors (Lipinski definition) is 5. The number of rotatable bonds is 5. The van der Waals surface area contributed by atoms with Gasteiger partial charge in [-0.15, -0.1) is 0 Å². The second-order valence-electron chi connectivity index (χ2n) is 4.51. The van der Waals surface area contributed by atoms with Crippen molar-refractivity contribution in [1.29, 1.82) is 0 Å². The molecule has 0 aliphatic heterocycles. The molecule has 2 aromatic carbocycles. The van der Waals surface area contributed by atoms with Crippen molar-refractivity contribution in [1.82, 2.24) is 0 Å². The molecule has 0 aliphatic carbocycles. The van der Waals surface area contributed by atoms with Crippen LogP contribution < -0.4 is 9.47 Å². The van der Waals surface area contributed by atoms with E-state index in [-0.39, 0.29) is 23.9 Å². The average Bonchev–Trinajstić information content (AvgIpc) is 2.49. The Bertz CT molecular complexity index is 664. The van der Waals surface area contributed by atoms with Gasteiger partial charge < -0.3 is 19.7 Å². The lowest BCUT2D eigenvalue weighted by molar-refractivity contribution is 0.112. The van der Waals surface area contributed by atoms with Gasteiger partial charge in [-0.3, -0.25) is 4.79 Å². The highest BCUT2D eigenvalue weighted by Gasteiger charge is 2.15. The number of ether oxygens (including phenoxy) is 2. The quantitative estimate of drug-likeness (QED) is 0.827. The Balaban J connectivity index is 2.33. The summed E-state index contributed by atoms with van der Waals surface area (Å²) < 4.78 is 10.7. The fourth-order valence-electron chi connectivity index (χ4n) is 2.02. The molecule has 2 rings (SSSR count). The van der Waals surface area contributed by atoms with Crippen molar-refractivity contribution < 1.29 is 24.5 Å². The van der Waals surface area contributed by atoms with Gasteiger partial charge in [-0.2, -0.15) is 0 Å². The van der Waals surface area contributed by atoms with Crippen LogP contribution >= 0.6 is 0 Å². The Labute approximate surface area is 122 Å². The molecule has 110 valence electrons. The molecule has 0 fully saturated rings. The van der Waals surface area contributed by atoms with Gasteiger partial charge >= 0.3 is 0 Å². The predicted octanol–water partition coefficient (Wildman–Crippen LogP) is 2.81. The van der Waals surface area contributed by atoms with Crippen LogP contribution in [0.4, 0.5) is 0 Å². The number of hydrogen-bond donors (Lipinski definition) is 2. The van der Waals surface area contributed by atoms with Gasteiger partial charge in [0.05, 0.1) is 7.11 Å². The Morgan fingerprint density at radius 2 is 1.95 bits per heavy atom. The molecule has 0 amide bonds. The van der Waals surface area contributed by atoms with Gasteiger partial charge in [0.1, 0.15) is 6.61 Å². The van der Waals surface area contributed by atoms with Gasteiger partial charge in [0, 0.05) is 11.1 Å². The number of benzene rings is 2. The first-order valence-electron chi connectivity index (χ1n) is 6.34. The summed E-state index contributed by atoms with van der Waals surface area (Å²) in [6.45, 7) is 1.75. The molecule has 0 heterocycles. The average molecular weight is 288 g/mol. The predicted molar refractivity (Wildman–Crippen MR) is 77.2 cm³/mol. The maximum absolute atomic E-state index is 11.1. The van der Waals surface area contributed by atoms with Crippen molar-refractivity contribution in [3.63, 3.8) is 0 Å². The number of aldehydes is 1. The van der Waals surface area contributed by atoms with Crippen LogP contribution in [0.3, 0.4) is 0 Å². The standard InChI is InChI=1S/C16H16O5/c1-10-4-3-5-14(15(10)19)21-9-12-11(8-17)6-7-13(18)16(12)20-2/h3-8,18-19H,9H2,1-2H3. The molecule has 5 nitrogen and oxygen atoms in total. The first kappa shape index (κ1) is 14.7. The fraction of sp³-hybridized carbons (Fsp3) is 0.188. The first-order valence-corrected chi connectivity index (χ1v) is 6.34. The van der Waals surface area contributed by atoms with Crippen LogP contribution in [-0.4, -0.2) is 23.6 Å². The molecule has 2 aromatic rings. The molecule has 0 radical (unpaired) electrons. The number of carbonyl (C=O) groups excluding carboxylic acids is 1. The number of methoxy groups -OCH3 is 1. The summed E-state index contributed by atoms with van der Waals surface area (Å²) in [5, 5.41) is 19.7. The maximum atomic E-state index is 11.1. The summed E-state index contributed by atoms with van der Waals surface area (Å²) in [7, 11) is 1.40. The van der Waals surface area contributed by atoms with Crippen LogP contribution in [0.1, 0.15) is 21.5 Å². The smallest absolute Gasteiger partial charge is 0.167 e. The van der Waals surface area contributed by atoms with E-state index in [1.54, 1.807) is 25.1 Å². The van der Waals surface area contributed by atoms with Crippen LogP contribution in [0, 0.1) is 6.92 Å². The van der Waals surface area contributed by atoms with E-state index in [1.807, 2.05) is 0 Å². The normalized spacial score (nSPS) is 10.2. The lowest BCUT2D eigenvalue weighted by Gasteiger charge is -2.14. The third kappa shape index (κ3) is 2.91. The second-order valence-corrected chi connectivity index (χ2v) is 4.51. The lowest BCUT2D eigenvalue weighted by atomic mass is 10.1. The van der Waals surface area contributed by atoms with Gasteiger partial charge in [0.2, 0.25) is 0 Å². The van der Waals surface area contributed by atoms with Crippen LogP contribution in [0.5, 0.6) is 23.0 Å². The van der Waals surface area contributed by atoms with E-state index in [1.165, 1.54) is 19.2 Å². The van der Waals surface area contributed by atoms with E-state index in [0.717, 1.165) is 0 Å². The third-order valence-electron chi connectivity index (χ3n) is 3.18. The molecule has 0 spiro atoms. The zero-order valence-corrected chi connectivity index (χ0v) is 11.8. The highest BCUT2D eigenvalue weighted by molar-refractivity contribution is 5.79. The van der Waals surface area contributed by atoms with E-state index in [2.05, 4.69) is 0 Å². The van der Waals surface area contributed by atoms with Crippen molar-refractivity contribution in [3.8, 4) is 23.0 Å². The molecule has 2 N–H and O–H groups in total. The van der Waals surface area contributed by atoms with Crippen molar-refractivity contribution in [2.45, 2.75) is 13.5 Å². The molecule has 0 saturated carbocycles. The number of phenols is 2. The summed E-state index contributed by atoms with van der Waals surface area (Å²) in [6.07, 6.45) is 0.663. The van der Waals surface area contributed by atoms with Crippen molar-refractivity contribution in [3.05, 3.63) is 47.0 Å². The molecule has 0 aromatic heterocycles. The summed E-state index contributed by atoms with van der Waals surface area (Å²) in [6, 6.07) is 8.01. The van der Waals surface area contributed by atoms with Crippen molar-refractivity contribution in [2.75, 3.05) is 7.11 Å². The minimum Gasteiger partial charge on any atom is -0.504 e. The zero-order chi connectivity index (χ0) is 15.4. The molecular weight excluding hydrogens is 272 g/mol. The first-order chi connectivity index (χ1) is 10.1. The Kier molecular flexibility index (Phi) is 4.33. The van der Waals surface area contributed by atoms with Gasteiger partial charge in [0.15, 0.2) is 29.3 Å². The largest absolute Gasteiger partial charge is 0.504 e. The number of para-hydroxylation sites is 1. The minimum atomic E-state index is -0.0739. The third-order valence-corrected chi connectivity index (χ3v) is 3.18. The summed E-state index contributed by atoms with van der Waals surface area (Å²) in [5.74, 6) is 0.462. The highest BCUT2D eigenvalue weighted by atomic mass is 16.5. The Hall–Kier alpha value is -2.69. The topological polar surface area (TPSA) is 76.0 Å². The number of phenolic OH excluding ortho intramolecular Hbond substituents is 2. The molecule has 0 aliphatic rings. The number of aryl methyl sites for hydroxylation is 1. The van der Waals surface area contributed by atoms with Crippen molar-refractivity contribution in [2.24, 2.45) is 0 Å². The zero-order valence-electron chi connectivity index (χ0n) is 11.8.